The van der Waals surface area contributed by atoms with Crippen LogP contribution in [0.1, 0.15) is 44.6 Å². The van der Waals surface area contributed by atoms with Crippen molar-refractivity contribution in [1.82, 2.24) is 0 Å². The Morgan fingerprint density at radius 3 is 2.21 bits per heavy atom. The molecule has 1 aromatic rings. The van der Waals surface area contributed by atoms with E-state index in [1.165, 1.54) is 24.8 Å². The van der Waals surface area contributed by atoms with Gasteiger partial charge in [0.25, 0.3) is 0 Å². The summed E-state index contributed by atoms with van der Waals surface area (Å²) in [6.07, 6.45) is 3.69. The van der Waals surface area contributed by atoms with Gasteiger partial charge in [-0.25, -0.2) is 0 Å². The molecule has 14 heavy (non-hydrogen) atoms. The zero-order valence-corrected chi connectivity index (χ0v) is 10.2. The first-order valence-corrected chi connectivity index (χ1v) is 5.85. The summed E-state index contributed by atoms with van der Waals surface area (Å²) >= 11 is 11.9. The Labute approximate surface area is 96.2 Å². The maximum absolute atomic E-state index is 5.94. The molecular formula is C12H16Cl2. The van der Waals surface area contributed by atoms with Crippen LogP contribution in [0.15, 0.2) is 18.2 Å². The van der Waals surface area contributed by atoms with E-state index in [2.05, 4.69) is 13.8 Å². The zero-order chi connectivity index (χ0) is 10.6. The minimum Gasteiger partial charge on any atom is -0.0843 e. The molecule has 0 aliphatic carbocycles. The fraction of sp³-hybridized carbons (Fsp3) is 0.500. The lowest BCUT2D eigenvalue weighted by molar-refractivity contribution is 0.624. The maximum atomic E-state index is 5.94. The number of unbranched alkanes of at least 4 members (excludes halogenated alkanes) is 1. The predicted octanol–water partition coefficient (Wildman–Crippen LogP) is 5.29. The van der Waals surface area contributed by atoms with Crippen LogP contribution >= 0.6 is 23.2 Å². The first-order valence-electron chi connectivity index (χ1n) is 5.09. The highest BCUT2D eigenvalue weighted by molar-refractivity contribution is 6.34. The molecule has 0 N–H and O–H groups in total. The van der Waals surface area contributed by atoms with Gasteiger partial charge in [0.1, 0.15) is 0 Å². The summed E-state index contributed by atoms with van der Waals surface area (Å²) in [6.45, 7) is 4.43. The van der Waals surface area contributed by atoms with Crippen LogP contribution in [0.2, 0.25) is 10.0 Å². The van der Waals surface area contributed by atoms with Crippen LogP contribution < -0.4 is 0 Å². The number of hydrogen-bond acceptors (Lipinski definition) is 0. The van der Waals surface area contributed by atoms with E-state index in [-0.39, 0.29) is 0 Å². The molecule has 0 saturated heterocycles. The predicted molar refractivity (Wildman–Crippen MR) is 64.4 cm³/mol. The maximum Gasteiger partial charge on any atom is 0.0423 e. The molecule has 0 amide bonds. The number of rotatable bonds is 4. The molecule has 78 valence electrons. The Morgan fingerprint density at radius 2 is 1.71 bits per heavy atom. The van der Waals surface area contributed by atoms with Crippen molar-refractivity contribution < 1.29 is 0 Å². The molecule has 0 aliphatic heterocycles. The Hall–Kier alpha value is -0.200. The van der Waals surface area contributed by atoms with Gasteiger partial charge in [0.05, 0.1) is 0 Å². The summed E-state index contributed by atoms with van der Waals surface area (Å²) in [5.41, 5.74) is 1.25. The van der Waals surface area contributed by atoms with Gasteiger partial charge in [-0.1, -0.05) is 49.9 Å². The largest absolute Gasteiger partial charge is 0.0843 e. The lowest BCUT2D eigenvalue weighted by atomic mass is 9.96. The van der Waals surface area contributed by atoms with Gasteiger partial charge >= 0.3 is 0 Å². The van der Waals surface area contributed by atoms with Crippen LogP contribution in [0.3, 0.4) is 0 Å². The molecule has 1 atom stereocenters. The quantitative estimate of drug-likeness (QED) is 0.660. The lowest BCUT2D eigenvalue weighted by Crippen LogP contribution is -1.93. The third-order valence-electron chi connectivity index (χ3n) is 2.44. The average molecular weight is 231 g/mol. The summed E-state index contributed by atoms with van der Waals surface area (Å²) in [5, 5.41) is 1.46. The van der Waals surface area contributed by atoms with Gasteiger partial charge < -0.3 is 0 Å². The molecule has 1 unspecified atom stereocenters. The normalized spacial score (nSPS) is 12.9. The van der Waals surface area contributed by atoms with E-state index in [0.29, 0.717) is 5.92 Å². The van der Waals surface area contributed by atoms with Gasteiger partial charge in [-0.2, -0.15) is 0 Å². The van der Waals surface area contributed by atoms with Gasteiger partial charge in [0.15, 0.2) is 0 Å². The van der Waals surface area contributed by atoms with Crippen molar-refractivity contribution in [2.75, 3.05) is 0 Å². The van der Waals surface area contributed by atoms with Gasteiger partial charge in [-0.3, -0.25) is 0 Å². The van der Waals surface area contributed by atoms with Gasteiger partial charge in [0.2, 0.25) is 0 Å². The van der Waals surface area contributed by atoms with Crippen molar-refractivity contribution >= 4 is 23.2 Å². The Morgan fingerprint density at radius 1 is 1.14 bits per heavy atom. The molecule has 0 aromatic heterocycles. The van der Waals surface area contributed by atoms with E-state index in [9.17, 15) is 0 Å². The molecule has 1 rings (SSSR count). The molecule has 0 aliphatic rings. The third kappa shape index (κ3) is 3.51. The van der Waals surface area contributed by atoms with Gasteiger partial charge in [0, 0.05) is 10.0 Å². The van der Waals surface area contributed by atoms with Crippen LogP contribution in [-0.4, -0.2) is 0 Å². The van der Waals surface area contributed by atoms with E-state index in [1.807, 2.05) is 12.1 Å². The topological polar surface area (TPSA) is 0 Å². The Bertz CT molecular complexity index is 274. The number of halogens is 2. The van der Waals surface area contributed by atoms with Crippen molar-refractivity contribution in [2.24, 2.45) is 0 Å². The summed E-state index contributed by atoms with van der Waals surface area (Å²) < 4.78 is 0. The smallest absolute Gasteiger partial charge is 0.0423 e. The first-order chi connectivity index (χ1) is 6.63. The van der Waals surface area contributed by atoms with Crippen LogP contribution in [0.25, 0.3) is 0 Å². The van der Waals surface area contributed by atoms with Crippen LogP contribution in [0.5, 0.6) is 0 Å². The fourth-order valence-corrected chi connectivity index (χ4v) is 2.08. The van der Waals surface area contributed by atoms with Crippen molar-refractivity contribution in [3.63, 3.8) is 0 Å². The van der Waals surface area contributed by atoms with E-state index in [0.717, 1.165) is 10.0 Å². The van der Waals surface area contributed by atoms with E-state index in [4.69, 9.17) is 23.2 Å². The summed E-state index contributed by atoms with van der Waals surface area (Å²) in [7, 11) is 0. The highest BCUT2D eigenvalue weighted by Crippen LogP contribution is 2.27. The van der Waals surface area contributed by atoms with Crippen molar-refractivity contribution in [3.8, 4) is 0 Å². The van der Waals surface area contributed by atoms with E-state index >= 15 is 0 Å². The van der Waals surface area contributed by atoms with Crippen molar-refractivity contribution in [1.29, 1.82) is 0 Å². The highest BCUT2D eigenvalue weighted by atomic mass is 35.5. The highest BCUT2D eigenvalue weighted by Gasteiger charge is 2.06. The second-order valence-corrected chi connectivity index (χ2v) is 4.62. The molecule has 2 heteroatoms. The molecule has 0 radical (unpaired) electrons. The standard InChI is InChI=1S/C12H16Cl2/c1-3-4-5-9(2)10-6-11(13)8-12(14)7-10/h6-9H,3-5H2,1-2H3. The fourth-order valence-electron chi connectivity index (χ4n) is 1.54. The Balaban J connectivity index is 2.73. The molecule has 1 aromatic carbocycles. The second-order valence-electron chi connectivity index (χ2n) is 3.75. The van der Waals surface area contributed by atoms with Crippen LogP contribution in [-0.2, 0) is 0 Å². The first kappa shape index (κ1) is 11.9. The molecule has 0 saturated carbocycles. The van der Waals surface area contributed by atoms with Crippen molar-refractivity contribution in [3.05, 3.63) is 33.8 Å². The van der Waals surface area contributed by atoms with Crippen LogP contribution in [0.4, 0.5) is 0 Å². The number of benzene rings is 1. The van der Waals surface area contributed by atoms with E-state index in [1.54, 1.807) is 6.07 Å². The minimum atomic E-state index is 0.547. The minimum absolute atomic E-state index is 0.547. The number of hydrogen-bond donors (Lipinski definition) is 0. The molecule has 0 nitrogen and oxygen atoms in total. The van der Waals surface area contributed by atoms with Gasteiger partial charge in [-0.05, 0) is 36.1 Å². The molecule has 0 spiro atoms. The van der Waals surface area contributed by atoms with E-state index < -0.39 is 0 Å². The molecule has 0 heterocycles. The second kappa shape index (κ2) is 5.63. The summed E-state index contributed by atoms with van der Waals surface area (Å²) in [6, 6.07) is 5.79. The third-order valence-corrected chi connectivity index (χ3v) is 2.88. The molecular weight excluding hydrogens is 215 g/mol. The summed E-state index contributed by atoms with van der Waals surface area (Å²) in [4.78, 5) is 0. The lowest BCUT2D eigenvalue weighted by Gasteiger charge is -2.11. The molecule has 0 bridgehead atoms. The Kier molecular flexibility index (Phi) is 4.77. The summed E-state index contributed by atoms with van der Waals surface area (Å²) in [5.74, 6) is 0.547. The average Bonchev–Trinajstić information content (AvgIpc) is 2.12. The SMILES string of the molecule is CCCCC(C)c1cc(Cl)cc(Cl)c1. The zero-order valence-electron chi connectivity index (χ0n) is 8.69. The monoisotopic (exact) mass is 230 g/mol. The van der Waals surface area contributed by atoms with Crippen molar-refractivity contribution in [2.45, 2.75) is 39.0 Å². The van der Waals surface area contributed by atoms with Gasteiger partial charge in [-0.15, -0.1) is 0 Å². The molecule has 0 fully saturated rings. The van der Waals surface area contributed by atoms with Crippen LogP contribution in [0, 0.1) is 0 Å².